The number of nitrogens with two attached hydrogens (primary N) is 1. The number of halogens is 1. The van der Waals surface area contributed by atoms with Gasteiger partial charge in [-0.05, 0) is 60.5 Å². The molecule has 1 saturated heterocycles. The lowest BCUT2D eigenvalue weighted by molar-refractivity contribution is -0.137. The standard InChI is InChI=1S/C26H34BrN5O2/c1-5-30(6-2)26(33)24(20-10-8-7-9-11-20)32-16-14-31(15-17-32)23-13-12-21(18-22(23)27)25(34-28)29-19(3)4/h7-13,18,24H,3,5-6,14-17,28H2,1-2,4H3/b29-25-. The van der Waals surface area contributed by atoms with Gasteiger partial charge < -0.3 is 14.6 Å². The van der Waals surface area contributed by atoms with E-state index in [0.29, 0.717) is 24.7 Å². The second-order valence-corrected chi connectivity index (χ2v) is 9.14. The van der Waals surface area contributed by atoms with Crippen molar-refractivity contribution in [3.8, 4) is 0 Å². The number of benzene rings is 2. The van der Waals surface area contributed by atoms with Gasteiger partial charge in [0.1, 0.15) is 6.04 Å². The van der Waals surface area contributed by atoms with Gasteiger partial charge in [0, 0.05) is 55.0 Å². The molecular formula is C26H34BrN5O2. The Morgan fingerprint density at radius 2 is 1.79 bits per heavy atom. The van der Waals surface area contributed by atoms with Crippen molar-refractivity contribution < 1.29 is 9.63 Å². The fourth-order valence-corrected chi connectivity index (χ4v) is 4.93. The van der Waals surface area contributed by atoms with Gasteiger partial charge in [0.25, 0.3) is 0 Å². The van der Waals surface area contributed by atoms with E-state index >= 15 is 0 Å². The van der Waals surface area contributed by atoms with Crippen molar-refractivity contribution in [3.05, 3.63) is 76.4 Å². The first-order valence-corrected chi connectivity index (χ1v) is 12.4. The summed E-state index contributed by atoms with van der Waals surface area (Å²) >= 11 is 3.70. The van der Waals surface area contributed by atoms with Crippen molar-refractivity contribution in [2.75, 3.05) is 44.2 Å². The van der Waals surface area contributed by atoms with Crippen LogP contribution in [-0.2, 0) is 9.63 Å². The molecule has 0 spiro atoms. The minimum Gasteiger partial charge on any atom is -0.391 e. The highest BCUT2D eigenvalue weighted by Crippen LogP contribution is 2.31. The number of carbonyl (C=O) groups excluding carboxylic acids is 1. The number of hydrogen-bond donors (Lipinski definition) is 1. The third-order valence-electron chi connectivity index (χ3n) is 6.04. The molecule has 34 heavy (non-hydrogen) atoms. The molecule has 1 atom stereocenters. The van der Waals surface area contributed by atoms with E-state index in [9.17, 15) is 4.79 Å². The molecule has 1 aliphatic rings. The minimum absolute atomic E-state index is 0.168. The summed E-state index contributed by atoms with van der Waals surface area (Å²) in [6.45, 7) is 14.3. The molecule has 1 heterocycles. The average Bonchev–Trinajstić information content (AvgIpc) is 2.84. The molecule has 182 valence electrons. The summed E-state index contributed by atoms with van der Waals surface area (Å²) in [5, 5.41) is 0. The van der Waals surface area contributed by atoms with Gasteiger partial charge in [-0.25, -0.2) is 4.99 Å². The number of piperazine rings is 1. The summed E-state index contributed by atoms with van der Waals surface area (Å²) < 4.78 is 0.934. The first kappa shape index (κ1) is 25.9. The normalized spacial score (nSPS) is 15.7. The van der Waals surface area contributed by atoms with Gasteiger partial charge in [-0.15, -0.1) is 0 Å². The summed E-state index contributed by atoms with van der Waals surface area (Å²) in [5.41, 5.74) is 3.52. The molecule has 0 aliphatic carbocycles. The number of allylic oxidation sites excluding steroid dienone is 1. The van der Waals surface area contributed by atoms with Gasteiger partial charge in [0.05, 0.1) is 5.69 Å². The number of amides is 1. The smallest absolute Gasteiger partial charge is 0.244 e. The Morgan fingerprint density at radius 3 is 2.32 bits per heavy atom. The number of rotatable bonds is 8. The summed E-state index contributed by atoms with van der Waals surface area (Å²) in [4.78, 5) is 29.2. The average molecular weight is 528 g/mol. The van der Waals surface area contributed by atoms with Crippen molar-refractivity contribution in [2.45, 2.75) is 26.8 Å². The van der Waals surface area contributed by atoms with E-state index in [2.05, 4.69) is 49.4 Å². The zero-order valence-corrected chi connectivity index (χ0v) is 21.8. The molecule has 1 fully saturated rings. The van der Waals surface area contributed by atoms with Crippen LogP contribution in [-0.4, -0.2) is 60.9 Å². The molecule has 1 aliphatic heterocycles. The molecule has 3 rings (SSSR count). The van der Waals surface area contributed by atoms with E-state index in [-0.39, 0.29) is 11.9 Å². The van der Waals surface area contributed by atoms with E-state index in [1.54, 1.807) is 6.92 Å². The molecule has 2 aromatic carbocycles. The van der Waals surface area contributed by atoms with Gasteiger partial charge in [-0.3, -0.25) is 9.69 Å². The van der Waals surface area contributed by atoms with Gasteiger partial charge in [0.15, 0.2) is 0 Å². The van der Waals surface area contributed by atoms with E-state index in [1.807, 2.05) is 55.1 Å². The zero-order valence-electron chi connectivity index (χ0n) is 20.2. The Morgan fingerprint density at radius 1 is 1.15 bits per heavy atom. The molecule has 2 N–H and O–H groups in total. The Balaban J connectivity index is 1.77. The highest BCUT2D eigenvalue weighted by molar-refractivity contribution is 9.10. The Labute approximate surface area is 211 Å². The Bertz CT molecular complexity index is 1020. The maximum absolute atomic E-state index is 13.4. The lowest BCUT2D eigenvalue weighted by Crippen LogP contribution is -2.51. The Hall–Kier alpha value is -2.68. The number of aliphatic imine (C=N–C) groups is 1. The maximum Gasteiger partial charge on any atom is 0.244 e. The van der Waals surface area contributed by atoms with Gasteiger partial charge in [-0.2, -0.15) is 5.90 Å². The summed E-state index contributed by atoms with van der Waals surface area (Å²) in [6, 6.07) is 15.8. The van der Waals surface area contributed by atoms with Crippen molar-refractivity contribution in [1.29, 1.82) is 0 Å². The molecule has 0 saturated carbocycles. The topological polar surface area (TPSA) is 74.4 Å². The summed E-state index contributed by atoms with van der Waals surface area (Å²) in [7, 11) is 0. The lowest BCUT2D eigenvalue weighted by atomic mass is 10.0. The van der Waals surface area contributed by atoms with Crippen molar-refractivity contribution in [1.82, 2.24) is 9.80 Å². The molecule has 7 nitrogen and oxygen atoms in total. The van der Waals surface area contributed by atoms with Crippen LogP contribution in [0.4, 0.5) is 5.69 Å². The van der Waals surface area contributed by atoms with Crippen LogP contribution < -0.4 is 10.8 Å². The van der Waals surface area contributed by atoms with Crippen LogP contribution in [0.3, 0.4) is 0 Å². The molecule has 1 unspecified atom stereocenters. The van der Waals surface area contributed by atoms with Crippen molar-refractivity contribution in [3.63, 3.8) is 0 Å². The van der Waals surface area contributed by atoms with Gasteiger partial charge >= 0.3 is 0 Å². The number of carbonyl (C=O) groups is 1. The predicted octanol–water partition coefficient (Wildman–Crippen LogP) is 4.35. The number of anilines is 1. The molecule has 0 bridgehead atoms. The SMILES string of the molecule is C=C(C)/N=C(\ON)c1ccc(N2CCN(C(C(=O)N(CC)CC)c3ccccc3)CC2)c(Br)c1. The molecule has 2 aromatic rings. The third kappa shape index (κ3) is 6.05. The van der Waals surface area contributed by atoms with Gasteiger partial charge in [-0.1, -0.05) is 36.9 Å². The number of hydrogen-bond acceptors (Lipinski definition) is 6. The third-order valence-corrected chi connectivity index (χ3v) is 6.68. The molecule has 0 radical (unpaired) electrons. The van der Waals surface area contributed by atoms with Crippen LogP contribution in [0.2, 0.25) is 0 Å². The molecule has 1 amide bonds. The summed E-state index contributed by atoms with van der Waals surface area (Å²) in [6.07, 6.45) is 0. The second kappa shape index (κ2) is 12.1. The zero-order chi connectivity index (χ0) is 24.7. The highest BCUT2D eigenvalue weighted by Gasteiger charge is 2.33. The summed E-state index contributed by atoms with van der Waals surface area (Å²) in [5.74, 6) is 5.90. The number of nitrogens with zero attached hydrogens (tertiary/aromatic N) is 4. The van der Waals surface area contributed by atoms with Gasteiger partial charge in [0.2, 0.25) is 11.8 Å². The fraction of sp³-hybridized carbons (Fsp3) is 0.385. The van der Waals surface area contributed by atoms with Crippen LogP contribution in [0.1, 0.15) is 37.9 Å². The first-order valence-electron chi connectivity index (χ1n) is 11.6. The second-order valence-electron chi connectivity index (χ2n) is 8.28. The van der Waals surface area contributed by atoms with Crippen molar-refractivity contribution in [2.24, 2.45) is 10.9 Å². The monoisotopic (exact) mass is 527 g/mol. The van der Waals surface area contributed by atoms with Crippen LogP contribution >= 0.6 is 15.9 Å². The first-order chi connectivity index (χ1) is 16.4. The quantitative estimate of drug-likeness (QED) is 0.313. The van der Waals surface area contributed by atoms with Crippen LogP contribution in [0, 0.1) is 0 Å². The van der Waals surface area contributed by atoms with E-state index in [4.69, 9.17) is 10.7 Å². The van der Waals surface area contributed by atoms with Crippen LogP contribution in [0.15, 0.2) is 70.3 Å². The predicted molar refractivity (Wildman–Crippen MR) is 142 cm³/mol. The van der Waals surface area contributed by atoms with Crippen LogP contribution in [0.25, 0.3) is 0 Å². The molecular weight excluding hydrogens is 494 g/mol. The van der Waals surface area contributed by atoms with E-state index in [1.165, 1.54) is 0 Å². The number of likely N-dealkylation sites (N-methyl/N-ethyl adjacent to an activating group) is 1. The highest BCUT2D eigenvalue weighted by atomic mass is 79.9. The van der Waals surface area contributed by atoms with E-state index in [0.717, 1.165) is 47.5 Å². The fourth-order valence-electron chi connectivity index (χ4n) is 4.30. The molecule has 0 aromatic heterocycles. The lowest BCUT2D eigenvalue weighted by Gasteiger charge is -2.41. The molecule has 8 heteroatoms. The Kier molecular flexibility index (Phi) is 9.27. The van der Waals surface area contributed by atoms with E-state index < -0.39 is 0 Å². The maximum atomic E-state index is 13.4. The largest absolute Gasteiger partial charge is 0.391 e. The van der Waals surface area contributed by atoms with Crippen LogP contribution in [0.5, 0.6) is 0 Å². The van der Waals surface area contributed by atoms with Crippen molar-refractivity contribution >= 4 is 33.4 Å². The minimum atomic E-state index is -0.267.